The number of benzene rings is 2. The molecule has 10 heteroatoms. The van der Waals surface area contributed by atoms with Gasteiger partial charge in [0.1, 0.15) is 23.6 Å². The van der Waals surface area contributed by atoms with Crippen LogP contribution in [0, 0.1) is 5.82 Å². The van der Waals surface area contributed by atoms with E-state index in [1.807, 2.05) is 42.6 Å². The molecule has 0 N–H and O–H groups in total. The second kappa shape index (κ2) is 8.10. The van der Waals surface area contributed by atoms with Gasteiger partial charge in [-0.1, -0.05) is 30.3 Å². The van der Waals surface area contributed by atoms with Crippen LogP contribution < -0.4 is 0 Å². The van der Waals surface area contributed by atoms with Crippen LogP contribution in [0.2, 0.25) is 0 Å². The highest BCUT2D eigenvalue weighted by Crippen LogP contribution is 2.38. The molecule has 0 saturated carbocycles. The monoisotopic (exact) mass is 489 g/mol. The summed E-state index contributed by atoms with van der Waals surface area (Å²) in [5.41, 5.74) is 4.05. The molecule has 1 aliphatic rings. The number of nitrogens with zero attached hydrogens (tertiary/aromatic N) is 5. The molecule has 0 unspecified atom stereocenters. The van der Waals surface area contributed by atoms with E-state index in [1.165, 1.54) is 29.0 Å². The van der Waals surface area contributed by atoms with Gasteiger partial charge in [-0.2, -0.15) is 9.40 Å². The van der Waals surface area contributed by atoms with Gasteiger partial charge in [0.05, 0.1) is 23.4 Å². The fraction of sp³-hybridized carbons (Fsp3) is 0.160. The summed E-state index contributed by atoms with van der Waals surface area (Å²) < 4.78 is 46.5. The predicted molar refractivity (Wildman–Crippen MR) is 129 cm³/mol. The normalized spacial score (nSPS) is 14.9. The van der Waals surface area contributed by atoms with Crippen LogP contribution in [0.4, 0.5) is 4.39 Å². The van der Waals surface area contributed by atoms with Crippen molar-refractivity contribution in [1.82, 2.24) is 24.1 Å². The second-order valence-electron chi connectivity index (χ2n) is 8.53. The zero-order valence-electron chi connectivity index (χ0n) is 18.7. The topological polar surface area (TPSA) is 94.1 Å². The molecule has 4 heterocycles. The van der Waals surface area contributed by atoms with Crippen LogP contribution >= 0.6 is 0 Å². The third-order valence-electron chi connectivity index (χ3n) is 6.16. The Morgan fingerprint density at radius 2 is 1.71 bits per heavy atom. The molecular weight excluding hydrogens is 469 g/mol. The standard InChI is InChI=1S/C25H20FN5O3S/c1-35(32,33)30-12-19(13-30)31-14-21(23(29-31)17-7-9-18(26)10-8-17)24-20-11-22(16-5-3-2-4-6-16)34-25(20)28-15-27-24/h2-11,14-15,19H,12-13H2,1H3. The van der Waals surface area contributed by atoms with E-state index in [0.29, 0.717) is 36.0 Å². The Morgan fingerprint density at radius 1 is 0.971 bits per heavy atom. The highest BCUT2D eigenvalue weighted by atomic mass is 32.2. The largest absolute Gasteiger partial charge is 0.438 e. The van der Waals surface area contributed by atoms with E-state index in [1.54, 1.807) is 16.8 Å². The number of hydrogen-bond acceptors (Lipinski definition) is 6. The first-order valence-electron chi connectivity index (χ1n) is 11.0. The minimum absolute atomic E-state index is 0.112. The smallest absolute Gasteiger partial charge is 0.230 e. The Kier molecular flexibility index (Phi) is 5.01. The molecule has 6 rings (SSSR count). The van der Waals surface area contributed by atoms with Gasteiger partial charge in [0, 0.05) is 36.0 Å². The van der Waals surface area contributed by atoms with E-state index >= 15 is 0 Å². The Bertz CT molecular complexity index is 1640. The molecule has 1 fully saturated rings. The van der Waals surface area contributed by atoms with Crippen LogP contribution in [-0.4, -0.2) is 51.8 Å². The number of hydrogen-bond donors (Lipinski definition) is 0. The summed E-state index contributed by atoms with van der Waals surface area (Å²) in [4.78, 5) is 8.86. The van der Waals surface area contributed by atoms with E-state index < -0.39 is 10.0 Å². The van der Waals surface area contributed by atoms with Gasteiger partial charge in [0.15, 0.2) is 0 Å². The van der Waals surface area contributed by atoms with Gasteiger partial charge in [0.25, 0.3) is 0 Å². The van der Waals surface area contributed by atoms with Gasteiger partial charge < -0.3 is 4.42 Å². The highest BCUT2D eigenvalue weighted by Gasteiger charge is 2.35. The molecule has 0 amide bonds. The summed E-state index contributed by atoms with van der Waals surface area (Å²) in [5, 5.41) is 5.50. The maximum Gasteiger partial charge on any atom is 0.230 e. The minimum atomic E-state index is -3.25. The zero-order valence-corrected chi connectivity index (χ0v) is 19.5. The maximum atomic E-state index is 13.6. The van der Waals surface area contributed by atoms with Gasteiger partial charge in [0.2, 0.25) is 15.7 Å². The van der Waals surface area contributed by atoms with E-state index in [2.05, 4.69) is 9.97 Å². The molecule has 0 spiro atoms. The number of fused-ring (bicyclic) bond motifs is 1. The van der Waals surface area contributed by atoms with Gasteiger partial charge in [-0.25, -0.2) is 22.8 Å². The van der Waals surface area contributed by atoms with Gasteiger partial charge in [-0.3, -0.25) is 4.68 Å². The fourth-order valence-electron chi connectivity index (χ4n) is 4.24. The van der Waals surface area contributed by atoms with Crippen molar-refractivity contribution in [2.45, 2.75) is 6.04 Å². The van der Waals surface area contributed by atoms with E-state index in [9.17, 15) is 12.8 Å². The van der Waals surface area contributed by atoms with Crippen molar-refractivity contribution in [2.75, 3.05) is 19.3 Å². The zero-order chi connectivity index (χ0) is 24.2. The number of aromatic nitrogens is 4. The molecule has 5 aromatic rings. The Balaban J connectivity index is 1.48. The SMILES string of the molecule is CS(=O)(=O)N1CC(n2cc(-c3ncnc4oc(-c5ccccc5)cc34)c(-c3ccc(F)cc3)n2)C1. The van der Waals surface area contributed by atoms with Crippen molar-refractivity contribution in [3.8, 4) is 33.8 Å². The second-order valence-corrected chi connectivity index (χ2v) is 10.5. The molecule has 0 bridgehead atoms. The quantitative estimate of drug-likeness (QED) is 0.364. The highest BCUT2D eigenvalue weighted by molar-refractivity contribution is 7.88. The lowest BCUT2D eigenvalue weighted by Crippen LogP contribution is -2.50. The van der Waals surface area contributed by atoms with Crippen LogP contribution in [0.15, 0.2) is 77.6 Å². The Morgan fingerprint density at radius 3 is 2.43 bits per heavy atom. The summed E-state index contributed by atoms with van der Waals surface area (Å²) in [6.07, 6.45) is 4.50. The van der Waals surface area contributed by atoms with E-state index in [-0.39, 0.29) is 11.9 Å². The number of furan rings is 1. The molecular formula is C25H20FN5O3S. The maximum absolute atomic E-state index is 13.6. The summed E-state index contributed by atoms with van der Waals surface area (Å²) in [6, 6.07) is 17.6. The summed E-state index contributed by atoms with van der Waals surface area (Å²) in [5.74, 6) is 0.324. The minimum Gasteiger partial charge on any atom is -0.438 e. The van der Waals surface area contributed by atoms with Crippen LogP contribution in [0.3, 0.4) is 0 Å². The van der Waals surface area contributed by atoms with Crippen molar-refractivity contribution >= 4 is 21.1 Å². The van der Waals surface area contributed by atoms with Crippen molar-refractivity contribution in [2.24, 2.45) is 0 Å². The summed E-state index contributed by atoms with van der Waals surface area (Å²) in [6.45, 7) is 0.678. The number of sulfonamides is 1. The third-order valence-corrected chi connectivity index (χ3v) is 7.40. The molecule has 0 aliphatic carbocycles. The first-order valence-corrected chi connectivity index (χ1v) is 12.8. The van der Waals surface area contributed by atoms with Crippen LogP contribution in [0.25, 0.3) is 44.9 Å². The Labute approximate surface area is 200 Å². The van der Waals surface area contributed by atoms with E-state index in [4.69, 9.17) is 9.52 Å². The number of halogens is 1. The van der Waals surface area contributed by atoms with Crippen molar-refractivity contribution in [1.29, 1.82) is 0 Å². The van der Waals surface area contributed by atoms with Gasteiger partial charge in [-0.15, -0.1) is 0 Å². The Hall–Kier alpha value is -3.89. The molecule has 8 nitrogen and oxygen atoms in total. The van der Waals surface area contributed by atoms with Gasteiger partial charge in [-0.05, 0) is 30.3 Å². The molecule has 0 radical (unpaired) electrons. The van der Waals surface area contributed by atoms with Gasteiger partial charge >= 0.3 is 0 Å². The average Bonchev–Trinajstić information content (AvgIpc) is 3.43. The molecule has 2 aromatic carbocycles. The summed E-state index contributed by atoms with van der Waals surface area (Å²) >= 11 is 0. The van der Waals surface area contributed by atoms with Crippen LogP contribution in [-0.2, 0) is 10.0 Å². The first kappa shape index (κ1) is 21.6. The van der Waals surface area contributed by atoms with Crippen LogP contribution in [0.5, 0.6) is 0 Å². The molecule has 3 aromatic heterocycles. The lowest BCUT2D eigenvalue weighted by Gasteiger charge is -2.37. The molecule has 1 saturated heterocycles. The third kappa shape index (κ3) is 3.90. The van der Waals surface area contributed by atoms with E-state index in [0.717, 1.165) is 22.1 Å². The van der Waals surface area contributed by atoms with Crippen molar-refractivity contribution < 1.29 is 17.2 Å². The lowest BCUT2D eigenvalue weighted by molar-refractivity contribution is 0.193. The molecule has 176 valence electrons. The molecule has 1 aliphatic heterocycles. The molecule has 0 atom stereocenters. The summed E-state index contributed by atoms with van der Waals surface area (Å²) in [7, 11) is -3.25. The van der Waals surface area contributed by atoms with Crippen molar-refractivity contribution in [3.05, 3.63) is 79.0 Å². The van der Waals surface area contributed by atoms with Crippen molar-refractivity contribution in [3.63, 3.8) is 0 Å². The lowest BCUT2D eigenvalue weighted by atomic mass is 10.0. The molecule has 35 heavy (non-hydrogen) atoms. The first-order chi connectivity index (χ1) is 16.9. The number of rotatable bonds is 5. The fourth-order valence-corrected chi connectivity index (χ4v) is 5.13. The van der Waals surface area contributed by atoms with Crippen LogP contribution in [0.1, 0.15) is 6.04 Å². The predicted octanol–water partition coefficient (Wildman–Crippen LogP) is 4.38. The average molecular weight is 490 g/mol.